The standard InChI is InChI=1S/C21H28N2O8/c1-3-13(21(29)30)22-15(25)7-11-8-23(16-10(2)5-4-6-12(11)16)20-19(28)18(27)17(26)14(9-24)31-20/h4-6,8,13-14,17-20,24,26-28H,3,7,9H2,1-2H3,(H,22,25)(H,29,30)/t13-,14-,17-,18+,19-,20-/m1/s1. The largest absolute Gasteiger partial charge is 0.480 e. The first-order valence-electron chi connectivity index (χ1n) is 10.1. The summed E-state index contributed by atoms with van der Waals surface area (Å²) in [6, 6.07) is 4.44. The first-order valence-corrected chi connectivity index (χ1v) is 10.1. The smallest absolute Gasteiger partial charge is 0.326 e. The van der Waals surface area contributed by atoms with Crippen molar-refractivity contribution in [2.45, 2.75) is 63.4 Å². The Bertz CT molecular complexity index is 956. The molecule has 0 spiro atoms. The van der Waals surface area contributed by atoms with Crippen LogP contribution in [0.5, 0.6) is 0 Å². The Hall–Kier alpha value is -2.50. The van der Waals surface area contributed by atoms with Crippen LogP contribution in [0.15, 0.2) is 24.4 Å². The summed E-state index contributed by atoms with van der Waals surface area (Å²) < 4.78 is 7.26. The van der Waals surface area contributed by atoms with E-state index in [1.165, 1.54) is 0 Å². The summed E-state index contributed by atoms with van der Waals surface area (Å²) in [4.78, 5) is 23.7. The van der Waals surface area contributed by atoms with Crippen molar-refractivity contribution in [3.8, 4) is 0 Å². The van der Waals surface area contributed by atoms with E-state index in [1.807, 2.05) is 19.1 Å². The predicted octanol–water partition coefficient (Wildman–Crippen LogP) is -0.556. The van der Waals surface area contributed by atoms with Gasteiger partial charge in [-0.25, -0.2) is 4.79 Å². The molecule has 1 aliphatic heterocycles. The molecule has 31 heavy (non-hydrogen) atoms. The van der Waals surface area contributed by atoms with E-state index >= 15 is 0 Å². The predicted molar refractivity (Wildman–Crippen MR) is 109 cm³/mol. The van der Waals surface area contributed by atoms with E-state index in [9.17, 15) is 30.0 Å². The molecule has 2 aromatic rings. The molecule has 0 unspecified atom stereocenters. The molecular formula is C21H28N2O8. The Morgan fingerprint density at radius 3 is 2.52 bits per heavy atom. The minimum atomic E-state index is -1.54. The van der Waals surface area contributed by atoms with Crippen LogP contribution in [-0.4, -0.2) is 79.0 Å². The van der Waals surface area contributed by atoms with Crippen molar-refractivity contribution in [3.05, 3.63) is 35.5 Å². The number of hydrogen-bond acceptors (Lipinski definition) is 7. The van der Waals surface area contributed by atoms with Crippen molar-refractivity contribution in [3.63, 3.8) is 0 Å². The molecule has 3 rings (SSSR count). The van der Waals surface area contributed by atoms with Gasteiger partial charge in [0, 0.05) is 11.6 Å². The molecule has 10 nitrogen and oxygen atoms in total. The number of ether oxygens (including phenoxy) is 1. The van der Waals surface area contributed by atoms with Crippen LogP contribution in [0.3, 0.4) is 0 Å². The Balaban J connectivity index is 1.98. The van der Waals surface area contributed by atoms with Crippen molar-refractivity contribution in [1.29, 1.82) is 0 Å². The van der Waals surface area contributed by atoms with Gasteiger partial charge in [-0.2, -0.15) is 0 Å². The lowest BCUT2D eigenvalue weighted by molar-refractivity contribution is -0.250. The van der Waals surface area contributed by atoms with Crippen LogP contribution in [0, 0.1) is 6.92 Å². The molecule has 1 amide bonds. The lowest BCUT2D eigenvalue weighted by Crippen LogP contribution is -2.56. The highest BCUT2D eigenvalue weighted by atomic mass is 16.6. The number of aliphatic hydroxyl groups excluding tert-OH is 4. The second-order valence-electron chi connectivity index (χ2n) is 7.80. The number of carboxylic acid groups (broad SMARTS) is 1. The molecule has 170 valence electrons. The van der Waals surface area contributed by atoms with Crippen molar-refractivity contribution in [1.82, 2.24) is 9.88 Å². The monoisotopic (exact) mass is 436 g/mol. The summed E-state index contributed by atoms with van der Waals surface area (Å²) in [5.41, 5.74) is 2.05. The van der Waals surface area contributed by atoms with Gasteiger partial charge in [-0.1, -0.05) is 25.1 Å². The van der Waals surface area contributed by atoms with Crippen LogP contribution >= 0.6 is 0 Å². The van der Waals surface area contributed by atoms with Gasteiger partial charge in [0.25, 0.3) is 0 Å². The number of para-hydroxylation sites is 1. The third kappa shape index (κ3) is 4.43. The molecular weight excluding hydrogens is 408 g/mol. The summed E-state index contributed by atoms with van der Waals surface area (Å²) in [7, 11) is 0. The molecule has 6 atom stereocenters. The Morgan fingerprint density at radius 2 is 1.90 bits per heavy atom. The zero-order chi connectivity index (χ0) is 22.9. The highest BCUT2D eigenvalue weighted by Crippen LogP contribution is 2.34. The van der Waals surface area contributed by atoms with Crippen LogP contribution in [-0.2, 0) is 20.7 Å². The summed E-state index contributed by atoms with van der Waals surface area (Å²) in [5, 5.41) is 52.6. The maximum absolute atomic E-state index is 12.5. The molecule has 1 aromatic carbocycles. The summed E-state index contributed by atoms with van der Waals surface area (Å²) in [6.07, 6.45) is -4.94. The van der Waals surface area contributed by atoms with Crippen molar-refractivity contribution >= 4 is 22.8 Å². The maximum atomic E-state index is 12.5. The normalized spacial score (nSPS) is 27.2. The van der Waals surface area contributed by atoms with E-state index in [4.69, 9.17) is 9.84 Å². The maximum Gasteiger partial charge on any atom is 0.326 e. The number of rotatable bonds is 7. The zero-order valence-electron chi connectivity index (χ0n) is 17.3. The number of carbonyl (C=O) groups is 2. The van der Waals surface area contributed by atoms with E-state index in [0.717, 1.165) is 5.56 Å². The fourth-order valence-corrected chi connectivity index (χ4v) is 3.97. The second kappa shape index (κ2) is 9.33. The number of hydrogen-bond donors (Lipinski definition) is 6. The molecule has 0 bridgehead atoms. The number of aliphatic hydroxyl groups is 4. The fraction of sp³-hybridized carbons (Fsp3) is 0.524. The van der Waals surface area contributed by atoms with Crippen LogP contribution in [0.1, 0.15) is 30.7 Å². The van der Waals surface area contributed by atoms with Crippen molar-refractivity contribution < 1.29 is 39.9 Å². The van der Waals surface area contributed by atoms with Gasteiger partial charge >= 0.3 is 5.97 Å². The molecule has 2 heterocycles. The van der Waals surface area contributed by atoms with E-state index in [1.54, 1.807) is 23.8 Å². The van der Waals surface area contributed by atoms with Gasteiger partial charge in [-0.3, -0.25) is 4.79 Å². The quantitative estimate of drug-likeness (QED) is 0.337. The van der Waals surface area contributed by atoms with Gasteiger partial charge in [0.15, 0.2) is 6.23 Å². The first-order chi connectivity index (χ1) is 14.7. The third-order valence-corrected chi connectivity index (χ3v) is 5.67. The lowest BCUT2D eigenvalue weighted by atomic mass is 9.98. The van der Waals surface area contributed by atoms with Gasteiger partial charge < -0.3 is 40.2 Å². The SMILES string of the molecule is CC[C@@H](NC(=O)Cc1cn([C@@H]2O[C@H](CO)[C@@H](O)[C@H](O)[C@H]2O)c2c(C)cccc12)C(=O)O. The number of aliphatic carboxylic acids is 1. The number of carboxylic acids is 1. The minimum absolute atomic E-state index is 0.103. The van der Waals surface area contributed by atoms with E-state index < -0.39 is 55.2 Å². The van der Waals surface area contributed by atoms with E-state index in [0.29, 0.717) is 16.5 Å². The van der Waals surface area contributed by atoms with Crippen LogP contribution in [0.25, 0.3) is 10.9 Å². The molecule has 6 N–H and O–H groups in total. The molecule has 1 aromatic heterocycles. The molecule has 1 fully saturated rings. The van der Waals surface area contributed by atoms with Gasteiger partial charge in [0.2, 0.25) is 5.91 Å². The second-order valence-corrected chi connectivity index (χ2v) is 7.80. The van der Waals surface area contributed by atoms with Crippen molar-refractivity contribution in [2.75, 3.05) is 6.61 Å². The number of aromatic nitrogens is 1. The topological polar surface area (TPSA) is 161 Å². The van der Waals surface area contributed by atoms with E-state index in [-0.39, 0.29) is 12.8 Å². The molecule has 0 radical (unpaired) electrons. The van der Waals surface area contributed by atoms with Crippen molar-refractivity contribution in [2.24, 2.45) is 0 Å². The summed E-state index contributed by atoms with van der Waals surface area (Å²) >= 11 is 0. The van der Waals surface area contributed by atoms with Crippen LogP contribution in [0.4, 0.5) is 0 Å². The highest BCUT2D eigenvalue weighted by molar-refractivity contribution is 5.92. The van der Waals surface area contributed by atoms with Gasteiger partial charge in [0.05, 0.1) is 18.5 Å². The lowest BCUT2D eigenvalue weighted by Gasteiger charge is -2.40. The molecule has 1 saturated heterocycles. The summed E-state index contributed by atoms with van der Waals surface area (Å²) in [6.45, 7) is 2.94. The fourth-order valence-electron chi connectivity index (χ4n) is 3.97. The number of nitrogens with zero attached hydrogens (tertiary/aromatic N) is 1. The Labute approximate surface area is 178 Å². The number of fused-ring (bicyclic) bond motifs is 1. The number of nitrogens with one attached hydrogen (secondary N) is 1. The van der Waals surface area contributed by atoms with Gasteiger partial charge in [0.1, 0.15) is 30.5 Å². The van der Waals surface area contributed by atoms with Gasteiger partial charge in [-0.05, 0) is 24.5 Å². The highest BCUT2D eigenvalue weighted by Gasteiger charge is 2.44. The number of benzene rings is 1. The minimum Gasteiger partial charge on any atom is -0.480 e. The van der Waals surface area contributed by atoms with E-state index in [2.05, 4.69) is 5.32 Å². The molecule has 1 aliphatic rings. The first kappa shape index (κ1) is 23.2. The summed E-state index contributed by atoms with van der Waals surface area (Å²) in [5.74, 6) is -1.58. The molecule has 10 heteroatoms. The third-order valence-electron chi connectivity index (χ3n) is 5.67. The average Bonchev–Trinajstić information content (AvgIpc) is 3.09. The number of aryl methyl sites for hydroxylation is 1. The molecule has 0 saturated carbocycles. The number of carbonyl (C=O) groups excluding carboxylic acids is 1. The number of amides is 1. The van der Waals surface area contributed by atoms with Crippen LogP contribution in [0.2, 0.25) is 0 Å². The Kier molecular flexibility index (Phi) is 6.97. The average molecular weight is 436 g/mol. The Morgan fingerprint density at radius 1 is 1.19 bits per heavy atom. The van der Waals surface area contributed by atoms with Crippen LogP contribution < -0.4 is 5.32 Å². The molecule has 0 aliphatic carbocycles. The zero-order valence-corrected chi connectivity index (χ0v) is 17.3. The van der Waals surface area contributed by atoms with Gasteiger partial charge in [-0.15, -0.1) is 0 Å².